The number of nitrogens with one attached hydrogen (secondary N) is 1. The molecule has 1 amide bonds. The Hall–Kier alpha value is -2.89. The molecule has 1 aromatic carbocycles. The number of methoxy groups -OCH3 is 1. The Morgan fingerprint density at radius 2 is 2.00 bits per heavy atom. The number of hydrogen-bond donors (Lipinski definition) is 1. The number of carbonyl (C=O) groups is 1. The van der Waals surface area contributed by atoms with Gasteiger partial charge >= 0.3 is 0 Å². The van der Waals surface area contributed by atoms with Gasteiger partial charge in [-0.05, 0) is 18.6 Å². The second kappa shape index (κ2) is 5.85. The highest BCUT2D eigenvalue weighted by atomic mass is 16.5. The number of aromatic nitrogens is 3. The van der Waals surface area contributed by atoms with Crippen molar-refractivity contribution in [2.24, 2.45) is 0 Å². The summed E-state index contributed by atoms with van der Waals surface area (Å²) in [6, 6.07) is 13.1. The van der Waals surface area contributed by atoms with E-state index in [2.05, 4.69) is 15.4 Å². The van der Waals surface area contributed by atoms with Gasteiger partial charge in [0.2, 0.25) is 5.88 Å². The van der Waals surface area contributed by atoms with E-state index < -0.39 is 0 Å². The first kappa shape index (κ1) is 14.1. The van der Waals surface area contributed by atoms with Crippen molar-refractivity contribution in [3.8, 4) is 5.88 Å². The van der Waals surface area contributed by atoms with Crippen LogP contribution in [0.4, 0.5) is 0 Å². The van der Waals surface area contributed by atoms with Gasteiger partial charge in [0.25, 0.3) is 5.91 Å². The minimum atomic E-state index is -0.235. The van der Waals surface area contributed by atoms with Crippen molar-refractivity contribution >= 4 is 11.6 Å². The van der Waals surface area contributed by atoms with Crippen molar-refractivity contribution in [2.45, 2.75) is 13.0 Å². The monoisotopic (exact) mass is 296 g/mol. The zero-order valence-corrected chi connectivity index (χ0v) is 12.4. The van der Waals surface area contributed by atoms with E-state index in [1.54, 1.807) is 25.4 Å². The Morgan fingerprint density at radius 1 is 1.23 bits per heavy atom. The summed E-state index contributed by atoms with van der Waals surface area (Å²) in [7, 11) is 1.54. The van der Waals surface area contributed by atoms with Gasteiger partial charge in [0, 0.05) is 6.07 Å². The normalized spacial score (nSPS) is 12.1. The largest absolute Gasteiger partial charge is 0.480 e. The molecule has 3 rings (SSSR count). The van der Waals surface area contributed by atoms with Gasteiger partial charge in [0.05, 0.1) is 19.3 Å². The van der Waals surface area contributed by atoms with Crippen LogP contribution in [0.2, 0.25) is 0 Å². The molecule has 1 atom stereocenters. The predicted octanol–water partition coefficient (Wildman–Crippen LogP) is 2.23. The molecule has 6 nitrogen and oxygen atoms in total. The fraction of sp³-hybridized carbons (Fsp3) is 0.188. The van der Waals surface area contributed by atoms with Crippen molar-refractivity contribution in [3.05, 3.63) is 59.9 Å². The Morgan fingerprint density at radius 3 is 2.73 bits per heavy atom. The molecule has 0 aliphatic rings. The van der Waals surface area contributed by atoms with E-state index in [0.29, 0.717) is 17.2 Å². The molecule has 0 saturated heterocycles. The Balaban J connectivity index is 1.80. The minimum Gasteiger partial charge on any atom is -0.480 e. The minimum absolute atomic E-state index is 0.0963. The van der Waals surface area contributed by atoms with Crippen LogP contribution in [0.25, 0.3) is 5.65 Å². The summed E-state index contributed by atoms with van der Waals surface area (Å²) in [4.78, 5) is 16.6. The standard InChI is InChI=1S/C16H16N4O2/c1-11(12-6-4-3-5-7-12)17-16(21)13-10-20-14(18-13)8-9-15(19-20)22-2/h3-11H,1-2H3,(H,17,21)/t11-/m0/s1. The van der Waals surface area contributed by atoms with Crippen LogP contribution in [0, 0.1) is 0 Å². The highest BCUT2D eigenvalue weighted by molar-refractivity contribution is 5.93. The number of amides is 1. The number of fused-ring (bicyclic) bond motifs is 1. The average Bonchev–Trinajstić information content (AvgIpc) is 2.98. The third-order valence-corrected chi connectivity index (χ3v) is 3.38. The summed E-state index contributed by atoms with van der Waals surface area (Å²) >= 11 is 0. The van der Waals surface area contributed by atoms with E-state index in [1.807, 2.05) is 37.3 Å². The number of imidazole rings is 1. The van der Waals surface area contributed by atoms with E-state index in [9.17, 15) is 4.79 Å². The molecule has 0 bridgehead atoms. The number of hydrogen-bond acceptors (Lipinski definition) is 4. The molecule has 112 valence electrons. The molecule has 22 heavy (non-hydrogen) atoms. The third-order valence-electron chi connectivity index (χ3n) is 3.38. The Bertz CT molecular complexity index is 798. The molecule has 1 N–H and O–H groups in total. The van der Waals surface area contributed by atoms with Gasteiger partial charge in [-0.3, -0.25) is 4.79 Å². The number of ether oxygens (including phenoxy) is 1. The van der Waals surface area contributed by atoms with Gasteiger partial charge in [-0.2, -0.15) is 0 Å². The van der Waals surface area contributed by atoms with Gasteiger partial charge in [0.15, 0.2) is 5.65 Å². The molecule has 0 spiro atoms. The molecular weight excluding hydrogens is 280 g/mol. The topological polar surface area (TPSA) is 68.5 Å². The first-order valence-electron chi connectivity index (χ1n) is 6.93. The molecule has 2 aromatic heterocycles. The van der Waals surface area contributed by atoms with Crippen molar-refractivity contribution in [1.82, 2.24) is 19.9 Å². The highest BCUT2D eigenvalue weighted by Crippen LogP contribution is 2.13. The lowest BCUT2D eigenvalue weighted by atomic mass is 10.1. The van der Waals surface area contributed by atoms with Crippen molar-refractivity contribution in [3.63, 3.8) is 0 Å². The lowest BCUT2D eigenvalue weighted by Crippen LogP contribution is -2.26. The van der Waals surface area contributed by atoms with Gasteiger partial charge in [-0.15, -0.1) is 5.10 Å². The summed E-state index contributed by atoms with van der Waals surface area (Å²) in [5.74, 6) is 0.232. The predicted molar refractivity (Wildman–Crippen MR) is 81.9 cm³/mol. The van der Waals surface area contributed by atoms with Crippen LogP contribution in [0.1, 0.15) is 29.0 Å². The first-order chi connectivity index (χ1) is 10.7. The SMILES string of the molecule is COc1ccc2nc(C(=O)N[C@@H](C)c3ccccc3)cn2n1. The molecule has 0 aliphatic carbocycles. The van der Waals surface area contributed by atoms with Crippen molar-refractivity contribution in [1.29, 1.82) is 0 Å². The van der Waals surface area contributed by atoms with Crippen molar-refractivity contribution < 1.29 is 9.53 Å². The maximum absolute atomic E-state index is 12.3. The molecule has 0 aliphatic heterocycles. The second-order valence-electron chi connectivity index (χ2n) is 4.91. The lowest BCUT2D eigenvalue weighted by Gasteiger charge is -2.12. The molecule has 0 saturated carbocycles. The quantitative estimate of drug-likeness (QED) is 0.801. The molecular formula is C16H16N4O2. The molecule has 0 unspecified atom stereocenters. The van der Waals surface area contributed by atoms with Gasteiger partial charge in [0.1, 0.15) is 5.69 Å². The summed E-state index contributed by atoms with van der Waals surface area (Å²) in [5, 5.41) is 7.11. The zero-order chi connectivity index (χ0) is 15.5. The smallest absolute Gasteiger partial charge is 0.272 e. The summed E-state index contributed by atoms with van der Waals surface area (Å²) in [5.41, 5.74) is 1.96. The Labute approximate surface area is 127 Å². The summed E-state index contributed by atoms with van der Waals surface area (Å²) in [6.45, 7) is 1.93. The molecule has 0 radical (unpaired) electrons. The maximum atomic E-state index is 12.3. The molecule has 0 fully saturated rings. The van der Waals surface area contributed by atoms with E-state index in [4.69, 9.17) is 4.74 Å². The highest BCUT2D eigenvalue weighted by Gasteiger charge is 2.15. The maximum Gasteiger partial charge on any atom is 0.272 e. The van der Waals surface area contributed by atoms with Crippen LogP contribution in [0.5, 0.6) is 5.88 Å². The van der Waals surface area contributed by atoms with Crippen LogP contribution in [0.3, 0.4) is 0 Å². The van der Waals surface area contributed by atoms with Crippen molar-refractivity contribution in [2.75, 3.05) is 7.11 Å². The van der Waals surface area contributed by atoms with Gasteiger partial charge in [-0.25, -0.2) is 9.50 Å². The van der Waals surface area contributed by atoms with Crippen LogP contribution < -0.4 is 10.1 Å². The fourth-order valence-corrected chi connectivity index (χ4v) is 2.18. The molecule has 2 heterocycles. The third kappa shape index (κ3) is 2.76. The van der Waals surface area contributed by atoms with Crippen LogP contribution in [-0.4, -0.2) is 27.6 Å². The number of carbonyl (C=O) groups excluding carboxylic acids is 1. The van der Waals surface area contributed by atoms with Crippen LogP contribution in [0.15, 0.2) is 48.7 Å². The molecule has 3 aromatic rings. The van der Waals surface area contributed by atoms with Crippen LogP contribution in [-0.2, 0) is 0 Å². The fourth-order valence-electron chi connectivity index (χ4n) is 2.18. The van der Waals surface area contributed by atoms with E-state index in [1.165, 1.54) is 4.52 Å². The summed E-state index contributed by atoms with van der Waals surface area (Å²) in [6.07, 6.45) is 1.59. The number of benzene rings is 1. The average molecular weight is 296 g/mol. The second-order valence-corrected chi connectivity index (χ2v) is 4.91. The van der Waals surface area contributed by atoms with E-state index >= 15 is 0 Å². The molecule has 6 heteroatoms. The first-order valence-corrected chi connectivity index (χ1v) is 6.93. The lowest BCUT2D eigenvalue weighted by molar-refractivity contribution is 0.0935. The van der Waals surface area contributed by atoms with E-state index in [0.717, 1.165) is 5.56 Å². The van der Waals surface area contributed by atoms with Crippen LogP contribution >= 0.6 is 0 Å². The van der Waals surface area contributed by atoms with Gasteiger partial charge < -0.3 is 10.1 Å². The Kier molecular flexibility index (Phi) is 3.74. The van der Waals surface area contributed by atoms with Gasteiger partial charge in [-0.1, -0.05) is 30.3 Å². The van der Waals surface area contributed by atoms with E-state index in [-0.39, 0.29) is 11.9 Å². The number of rotatable bonds is 4. The number of nitrogens with zero attached hydrogens (tertiary/aromatic N) is 3. The summed E-state index contributed by atoms with van der Waals surface area (Å²) < 4.78 is 6.58. The zero-order valence-electron chi connectivity index (χ0n) is 12.4.